The van der Waals surface area contributed by atoms with Crippen molar-refractivity contribution in [3.8, 4) is 0 Å². The molecule has 1 nitrogen and oxygen atoms in total. The third kappa shape index (κ3) is 2.37. The van der Waals surface area contributed by atoms with Gasteiger partial charge in [0.05, 0.1) is 6.61 Å². The molecule has 8 heavy (non-hydrogen) atoms. The number of aliphatic hydroxyl groups excluding tert-OH is 1. The highest BCUT2D eigenvalue weighted by atomic mass is 35.5. The van der Waals surface area contributed by atoms with E-state index in [4.69, 9.17) is 5.11 Å². The van der Waals surface area contributed by atoms with E-state index in [-0.39, 0.29) is 0 Å². The lowest BCUT2D eigenvalue weighted by molar-refractivity contribution is -0.137. The molecule has 0 aromatic rings. The largest absolute Gasteiger partial charge is 0.407 e. The van der Waals surface area contributed by atoms with Crippen molar-refractivity contribution in [2.45, 2.75) is 11.6 Å². The van der Waals surface area contributed by atoms with Gasteiger partial charge in [-0.3, -0.25) is 0 Å². The molecule has 5 heteroatoms. The molecule has 0 fully saturated rings. The standard InChI is InChI=1S/C3H4ClF3O/c4-2(1-8)3(5,6)7/h2,8H,1H2. The van der Waals surface area contributed by atoms with E-state index in [0.717, 1.165) is 0 Å². The van der Waals surface area contributed by atoms with Crippen molar-refractivity contribution in [1.29, 1.82) is 0 Å². The van der Waals surface area contributed by atoms with E-state index in [1.54, 1.807) is 0 Å². The molecule has 0 amide bonds. The van der Waals surface area contributed by atoms with Crippen LogP contribution in [-0.4, -0.2) is 23.3 Å². The zero-order chi connectivity index (χ0) is 6.78. The van der Waals surface area contributed by atoms with Gasteiger partial charge in [-0.1, -0.05) is 0 Å². The number of hydrogen-bond acceptors (Lipinski definition) is 1. The second-order valence-electron chi connectivity index (χ2n) is 1.19. The summed E-state index contributed by atoms with van der Waals surface area (Å²) < 4.78 is 33.5. The maximum Gasteiger partial charge on any atom is 0.407 e. The van der Waals surface area contributed by atoms with Crippen molar-refractivity contribution in [1.82, 2.24) is 0 Å². The van der Waals surface area contributed by atoms with Crippen molar-refractivity contribution in [2.75, 3.05) is 6.61 Å². The Morgan fingerprint density at radius 1 is 1.50 bits per heavy atom. The van der Waals surface area contributed by atoms with Gasteiger partial charge in [-0.25, -0.2) is 0 Å². The molecule has 50 valence electrons. The highest BCUT2D eigenvalue weighted by molar-refractivity contribution is 6.21. The average molecular weight is 149 g/mol. The maximum atomic E-state index is 11.2. The summed E-state index contributed by atoms with van der Waals surface area (Å²) in [5, 5.41) is 5.70. The van der Waals surface area contributed by atoms with E-state index in [0.29, 0.717) is 0 Å². The fraction of sp³-hybridized carbons (Fsp3) is 1.00. The first-order valence-electron chi connectivity index (χ1n) is 1.80. The minimum absolute atomic E-state index is 1.06. The minimum atomic E-state index is -4.48. The van der Waals surface area contributed by atoms with Gasteiger partial charge in [-0.15, -0.1) is 11.6 Å². The van der Waals surface area contributed by atoms with Crippen LogP contribution >= 0.6 is 11.6 Å². The van der Waals surface area contributed by atoms with Crippen LogP contribution in [0.5, 0.6) is 0 Å². The quantitative estimate of drug-likeness (QED) is 0.553. The van der Waals surface area contributed by atoms with Crippen LogP contribution in [0, 0.1) is 0 Å². The SMILES string of the molecule is OCC(Cl)C(F)(F)F. The van der Waals surface area contributed by atoms with Gasteiger partial charge in [0.1, 0.15) is 0 Å². The molecule has 0 heterocycles. The molecular weight excluding hydrogens is 144 g/mol. The van der Waals surface area contributed by atoms with Gasteiger partial charge >= 0.3 is 6.18 Å². The molecule has 0 aromatic carbocycles. The van der Waals surface area contributed by atoms with Crippen LogP contribution in [0.15, 0.2) is 0 Å². The van der Waals surface area contributed by atoms with Crippen molar-refractivity contribution >= 4 is 11.6 Å². The molecule has 0 aliphatic rings. The van der Waals surface area contributed by atoms with E-state index in [9.17, 15) is 13.2 Å². The Morgan fingerprint density at radius 2 is 1.88 bits per heavy atom. The molecule has 0 saturated heterocycles. The molecule has 0 bridgehead atoms. The third-order valence-electron chi connectivity index (χ3n) is 0.515. The number of alkyl halides is 4. The van der Waals surface area contributed by atoms with Crippen molar-refractivity contribution in [3.63, 3.8) is 0 Å². The van der Waals surface area contributed by atoms with Gasteiger partial charge in [-0.05, 0) is 0 Å². The van der Waals surface area contributed by atoms with Gasteiger partial charge in [0, 0.05) is 0 Å². The summed E-state index contributed by atoms with van der Waals surface area (Å²) in [6, 6.07) is 0. The second-order valence-corrected chi connectivity index (χ2v) is 1.72. The summed E-state index contributed by atoms with van der Waals surface area (Å²) in [7, 11) is 0. The summed E-state index contributed by atoms with van der Waals surface area (Å²) in [4.78, 5) is 0. The molecule has 1 atom stereocenters. The topological polar surface area (TPSA) is 20.2 Å². The third-order valence-corrected chi connectivity index (χ3v) is 0.901. The Labute approximate surface area is 49.1 Å². The fourth-order valence-corrected chi connectivity index (χ4v) is 0.104. The predicted octanol–water partition coefficient (Wildman–Crippen LogP) is 1.15. The van der Waals surface area contributed by atoms with Gasteiger partial charge in [-0.2, -0.15) is 13.2 Å². The van der Waals surface area contributed by atoms with E-state index in [1.807, 2.05) is 0 Å². The first kappa shape index (κ1) is 8.04. The number of aliphatic hydroxyl groups is 1. The Balaban J connectivity index is 3.62. The van der Waals surface area contributed by atoms with Crippen LogP contribution in [0.25, 0.3) is 0 Å². The molecule has 0 aromatic heterocycles. The first-order valence-corrected chi connectivity index (χ1v) is 2.23. The van der Waals surface area contributed by atoms with E-state index < -0.39 is 18.2 Å². The summed E-state index contributed by atoms with van der Waals surface area (Å²) in [5.41, 5.74) is 0. The Morgan fingerprint density at radius 3 is 1.88 bits per heavy atom. The molecule has 0 rings (SSSR count). The van der Waals surface area contributed by atoms with Crippen LogP contribution < -0.4 is 0 Å². The highest BCUT2D eigenvalue weighted by Crippen LogP contribution is 2.23. The molecule has 0 aliphatic heterocycles. The lowest BCUT2D eigenvalue weighted by Crippen LogP contribution is -2.26. The van der Waals surface area contributed by atoms with Crippen LogP contribution in [-0.2, 0) is 0 Å². The van der Waals surface area contributed by atoms with Crippen LogP contribution in [0.3, 0.4) is 0 Å². The molecular formula is C3H4ClF3O. The van der Waals surface area contributed by atoms with E-state index in [2.05, 4.69) is 11.6 Å². The molecule has 0 aliphatic carbocycles. The average Bonchev–Trinajstić information content (AvgIpc) is 1.62. The van der Waals surface area contributed by atoms with Crippen LogP contribution in [0.2, 0.25) is 0 Å². The maximum absolute atomic E-state index is 11.2. The van der Waals surface area contributed by atoms with E-state index >= 15 is 0 Å². The monoisotopic (exact) mass is 148 g/mol. The smallest absolute Gasteiger partial charge is 0.394 e. The van der Waals surface area contributed by atoms with Crippen LogP contribution in [0.4, 0.5) is 13.2 Å². The molecule has 0 spiro atoms. The minimum Gasteiger partial charge on any atom is -0.394 e. The Hall–Kier alpha value is 0.0400. The second kappa shape index (κ2) is 2.55. The fourth-order valence-electron chi connectivity index (χ4n) is 0.104. The summed E-state index contributed by atoms with van der Waals surface area (Å²) >= 11 is 4.57. The summed E-state index contributed by atoms with van der Waals surface area (Å²) in [6.07, 6.45) is -4.48. The van der Waals surface area contributed by atoms with Crippen LogP contribution in [0.1, 0.15) is 0 Å². The highest BCUT2D eigenvalue weighted by Gasteiger charge is 2.37. The number of halogens is 4. The number of rotatable bonds is 1. The lowest BCUT2D eigenvalue weighted by Gasteiger charge is -2.08. The normalized spacial score (nSPS) is 16.1. The predicted molar refractivity (Wildman–Crippen MR) is 22.8 cm³/mol. The van der Waals surface area contributed by atoms with Gasteiger partial charge in [0.15, 0.2) is 5.38 Å². The van der Waals surface area contributed by atoms with Gasteiger partial charge < -0.3 is 5.11 Å². The molecule has 1 N–H and O–H groups in total. The Kier molecular flexibility index (Phi) is 2.56. The van der Waals surface area contributed by atoms with Crippen molar-refractivity contribution in [2.24, 2.45) is 0 Å². The Bertz CT molecular complexity index is 71.4. The molecule has 0 saturated carbocycles. The zero-order valence-corrected chi connectivity index (χ0v) is 4.50. The first-order chi connectivity index (χ1) is 3.48. The lowest BCUT2D eigenvalue weighted by atomic mass is 10.4. The van der Waals surface area contributed by atoms with Crippen molar-refractivity contribution < 1.29 is 18.3 Å². The van der Waals surface area contributed by atoms with Crippen molar-refractivity contribution in [3.05, 3.63) is 0 Å². The summed E-state index contributed by atoms with van der Waals surface area (Å²) in [6.45, 7) is -1.06. The molecule has 1 unspecified atom stereocenters. The summed E-state index contributed by atoms with van der Waals surface area (Å²) in [5.74, 6) is 0. The number of hydrogen-bond donors (Lipinski definition) is 1. The van der Waals surface area contributed by atoms with Gasteiger partial charge in [0.25, 0.3) is 0 Å². The van der Waals surface area contributed by atoms with E-state index in [1.165, 1.54) is 0 Å². The molecule has 0 radical (unpaired) electrons. The van der Waals surface area contributed by atoms with Gasteiger partial charge in [0.2, 0.25) is 0 Å². The zero-order valence-electron chi connectivity index (χ0n) is 3.74.